The smallest absolute Gasteiger partial charge is 0.311 e. The molecule has 5 nitrogen and oxygen atoms in total. The Hall–Kier alpha value is -2.21. The molecule has 3 rings (SSSR count). The Morgan fingerprint density at radius 1 is 1.39 bits per heavy atom. The minimum Gasteiger partial charge on any atom is -0.438 e. The van der Waals surface area contributed by atoms with Crippen LogP contribution in [0.1, 0.15) is 16.4 Å². The van der Waals surface area contributed by atoms with Crippen LogP contribution in [-0.2, 0) is 0 Å². The fourth-order valence-electron chi connectivity index (χ4n) is 1.58. The largest absolute Gasteiger partial charge is 0.438 e. The molecule has 0 radical (unpaired) electrons. The van der Waals surface area contributed by atoms with Crippen molar-refractivity contribution in [1.29, 1.82) is 0 Å². The Kier molecular flexibility index (Phi) is 2.56. The van der Waals surface area contributed by atoms with Gasteiger partial charge in [0.2, 0.25) is 0 Å². The van der Waals surface area contributed by atoms with Crippen LogP contribution in [0, 0.1) is 6.92 Å². The van der Waals surface area contributed by atoms with Gasteiger partial charge in [-0.3, -0.25) is 4.79 Å². The SMILES string of the molecule is Cc1cnc(C(=O)Nc2ccc3scnc3c2)o1. The van der Waals surface area contributed by atoms with Crippen molar-refractivity contribution in [2.45, 2.75) is 6.92 Å². The Morgan fingerprint density at radius 2 is 2.28 bits per heavy atom. The van der Waals surface area contributed by atoms with E-state index in [0.29, 0.717) is 11.4 Å². The maximum absolute atomic E-state index is 11.8. The van der Waals surface area contributed by atoms with Gasteiger partial charge in [-0.05, 0) is 25.1 Å². The van der Waals surface area contributed by atoms with Crippen molar-refractivity contribution in [2.75, 3.05) is 5.32 Å². The summed E-state index contributed by atoms with van der Waals surface area (Å²) in [4.78, 5) is 19.9. The first-order valence-electron chi connectivity index (χ1n) is 5.29. The third kappa shape index (κ3) is 1.98. The zero-order valence-corrected chi connectivity index (χ0v) is 10.3. The third-order valence-electron chi connectivity index (χ3n) is 2.40. The number of aryl methyl sites for hydroxylation is 1. The predicted molar refractivity (Wildman–Crippen MR) is 68.8 cm³/mol. The highest BCUT2D eigenvalue weighted by Crippen LogP contribution is 2.21. The lowest BCUT2D eigenvalue weighted by molar-refractivity contribution is 0.0989. The van der Waals surface area contributed by atoms with E-state index >= 15 is 0 Å². The zero-order valence-electron chi connectivity index (χ0n) is 9.51. The van der Waals surface area contributed by atoms with E-state index in [2.05, 4.69) is 15.3 Å². The molecule has 0 fully saturated rings. The number of carbonyl (C=O) groups excluding carboxylic acids is 1. The molecule has 0 spiro atoms. The topological polar surface area (TPSA) is 68.0 Å². The number of oxazole rings is 1. The Morgan fingerprint density at radius 3 is 3.06 bits per heavy atom. The van der Waals surface area contributed by atoms with Crippen molar-refractivity contribution in [2.24, 2.45) is 0 Å². The second-order valence-corrected chi connectivity index (χ2v) is 4.65. The second kappa shape index (κ2) is 4.23. The van der Waals surface area contributed by atoms with Crippen molar-refractivity contribution >= 4 is 33.1 Å². The van der Waals surface area contributed by atoms with Gasteiger partial charge >= 0.3 is 5.91 Å². The van der Waals surface area contributed by atoms with E-state index in [1.54, 1.807) is 23.8 Å². The van der Waals surface area contributed by atoms with Crippen LogP contribution >= 0.6 is 11.3 Å². The average Bonchev–Trinajstić information content (AvgIpc) is 2.96. The van der Waals surface area contributed by atoms with E-state index in [0.717, 1.165) is 10.2 Å². The molecule has 0 saturated heterocycles. The van der Waals surface area contributed by atoms with Gasteiger partial charge in [-0.1, -0.05) is 0 Å². The number of fused-ring (bicyclic) bond motifs is 1. The molecule has 0 aliphatic heterocycles. The van der Waals surface area contributed by atoms with Gasteiger partial charge < -0.3 is 9.73 Å². The number of nitrogens with zero attached hydrogens (tertiary/aromatic N) is 2. The highest BCUT2D eigenvalue weighted by Gasteiger charge is 2.12. The molecule has 18 heavy (non-hydrogen) atoms. The number of nitrogens with one attached hydrogen (secondary N) is 1. The summed E-state index contributed by atoms with van der Waals surface area (Å²) in [6, 6.07) is 5.57. The van der Waals surface area contributed by atoms with Crippen LogP contribution in [0.4, 0.5) is 5.69 Å². The maximum atomic E-state index is 11.8. The number of hydrogen-bond acceptors (Lipinski definition) is 5. The minimum atomic E-state index is -0.363. The Balaban J connectivity index is 1.85. The lowest BCUT2D eigenvalue weighted by atomic mass is 10.3. The molecule has 0 atom stereocenters. The predicted octanol–water partition coefficient (Wildman–Crippen LogP) is 2.85. The van der Waals surface area contributed by atoms with E-state index < -0.39 is 0 Å². The zero-order chi connectivity index (χ0) is 12.5. The molecule has 0 aliphatic rings. The fraction of sp³-hybridized carbons (Fsp3) is 0.0833. The molecular formula is C12H9N3O2S. The maximum Gasteiger partial charge on any atom is 0.311 e. The second-order valence-electron chi connectivity index (χ2n) is 3.77. The Bertz CT molecular complexity index is 717. The fourth-order valence-corrected chi connectivity index (χ4v) is 2.24. The number of anilines is 1. The number of amides is 1. The normalized spacial score (nSPS) is 10.7. The van der Waals surface area contributed by atoms with Gasteiger partial charge in [0.1, 0.15) is 5.76 Å². The molecule has 6 heteroatoms. The van der Waals surface area contributed by atoms with Gasteiger partial charge in [-0.2, -0.15) is 0 Å². The number of carbonyl (C=O) groups is 1. The number of aromatic nitrogens is 2. The number of thiazole rings is 1. The van der Waals surface area contributed by atoms with Crippen LogP contribution in [0.5, 0.6) is 0 Å². The van der Waals surface area contributed by atoms with E-state index in [-0.39, 0.29) is 11.8 Å². The first-order valence-corrected chi connectivity index (χ1v) is 6.17. The summed E-state index contributed by atoms with van der Waals surface area (Å²) >= 11 is 1.56. The van der Waals surface area contributed by atoms with Crippen LogP contribution in [-0.4, -0.2) is 15.9 Å². The summed E-state index contributed by atoms with van der Waals surface area (Å²) in [6.07, 6.45) is 1.51. The van der Waals surface area contributed by atoms with Crippen LogP contribution in [0.2, 0.25) is 0 Å². The molecule has 2 heterocycles. The first-order chi connectivity index (χ1) is 8.72. The molecule has 90 valence electrons. The molecule has 1 N–H and O–H groups in total. The molecule has 0 aliphatic carbocycles. The van der Waals surface area contributed by atoms with Gasteiger partial charge in [0, 0.05) is 5.69 Å². The molecule has 0 bridgehead atoms. The molecule has 1 amide bonds. The summed E-state index contributed by atoms with van der Waals surface area (Å²) < 4.78 is 6.24. The van der Waals surface area contributed by atoms with Crippen LogP contribution < -0.4 is 5.32 Å². The molecule has 0 unspecified atom stereocenters. The Labute approximate surface area is 106 Å². The summed E-state index contributed by atoms with van der Waals surface area (Å²) in [5.74, 6) is 0.304. The van der Waals surface area contributed by atoms with Crippen molar-refractivity contribution in [1.82, 2.24) is 9.97 Å². The minimum absolute atomic E-state index is 0.0610. The third-order valence-corrected chi connectivity index (χ3v) is 3.21. The summed E-state index contributed by atoms with van der Waals surface area (Å²) in [5, 5.41) is 2.72. The lowest BCUT2D eigenvalue weighted by Gasteiger charge is -2.01. The molecule has 2 aromatic heterocycles. The van der Waals surface area contributed by atoms with E-state index in [9.17, 15) is 4.79 Å². The summed E-state index contributed by atoms with van der Waals surface area (Å²) in [7, 11) is 0. The number of benzene rings is 1. The van der Waals surface area contributed by atoms with Gasteiger partial charge in [-0.15, -0.1) is 11.3 Å². The highest BCUT2D eigenvalue weighted by atomic mass is 32.1. The average molecular weight is 259 g/mol. The van der Waals surface area contributed by atoms with E-state index in [1.807, 2.05) is 18.2 Å². The standard InChI is InChI=1S/C12H9N3O2S/c1-7-5-13-12(17-7)11(16)15-8-2-3-10-9(4-8)14-6-18-10/h2-6H,1H3,(H,15,16). The molecule has 1 aromatic carbocycles. The van der Waals surface area contributed by atoms with E-state index in [4.69, 9.17) is 4.42 Å². The quantitative estimate of drug-likeness (QED) is 0.768. The van der Waals surface area contributed by atoms with Crippen molar-refractivity contribution < 1.29 is 9.21 Å². The van der Waals surface area contributed by atoms with Crippen molar-refractivity contribution in [3.63, 3.8) is 0 Å². The van der Waals surface area contributed by atoms with Gasteiger partial charge in [-0.25, -0.2) is 9.97 Å². The number of hydrogen-bond donors (Lipinski definition) is 1. The molecule has 3 aromatic rings. The highest BCUT2D eigenvalue weighted by molar-refractivity contribution is 7.16. The molecular weight excluding hydrogens is 250 g/mol. The summed E-state index contributed by atoms with van der Waals surface area (Å²) in [5.41, 5.74) is 3.31. The van der Waals surface area contributed by atoms with Gasteiger partial charge in [0.15, 0.2) is 0 Å². The van der Waals surface area contributed by atoms with Crippen LogP contribution in [0.25, 0.3) is 10.2 Å². The van der Waals surface area contributed by atoms with Crippen molar-refractivity contribution in [3.05, 3.63) is 41.6 Å². The number of rotatable bonds is 2. The van der Waals surface area contributed by atoms with Crippen molar-refractivity contribution in [3.8, 4) is 0 Å². The monoisotopic (exact) mass is 259 g/mol. The van der Waals surface area contributed by atoms with E-state index in [1.165, 1.54) is 6.20 Å². The van der Waals surface area contributed by atoms with Crippen LogP contribution in [0.3, 0.4) is 0 Å². The van der Waals surface area contributed by atoms with Gasteiger partial charge in [0.05, 0.1) is 21.9 Å². The van der Waals surface area contributed by atoms with Crippen LogP contribution in [0.15, 0.2) is 34.3 Å². The van der Waals surface area contributed by atoms with Gasteiger partial charge in [0.25, 0.3) is 5.89 Å². The summed E-state index contributed by atoms with van der Waals surface area (Å²) in [6.45, 7) is 1.74. The molecule has 0 saturated carbocycles. The lowest BCUT2D eigenvalue weighted by Crippen LogP contribution is -2.11. The first kappa shape index (κ1) is 10.9.